The zero-order valence-corrected chi connectivity index (χ0v) is 9.30. The number of piperidine rings is 1. The van der Waals surface area contributed by atoms with Crippen LogP contribution in [0.3, 0.4) is 0 Å². The Balaban J connectivity index is 2.07. The number of hydrogen-bond acceptors (Lipinski definition) is 4. The molecule has 1 heterocycles. The van der Waals surface area contributed by atoms with Crippen LogP contribution < -0.4 is 0 Å². The van der Waals surface area contributed by atoms with Crippen molar-refractivity contribution < 1.29 is 13.7 Å². The van der Waals surface area contributed by atoms with Crippen LogP contribution in [-0.2, 0) is 4.18 Å². The van der Waals surface area contributed by atoms with Gasteiger partial charge in [-0.05, 0) is 24.9 Å². The Morgan fingerprint density at radius 3 is 3.07 bits per heavy atom. The maximum absolute atomic E-state index is 13.1. The van der Waals surface area contributed by atoms with E-state index in [-0.39, 0.29) is 0 Å². The van der Waals surface area contributed by atoms with Gasteiger partial charge in [0, 0.05) is 25.9 Å². The molecule has 5 heteroatoms. The van der Waals surface area contributed by atoms with Crippen molar-refractivity contribution in [2.45, 2.75) is 25.1 Å². The number of likely N-dealkylation sites (tertiary alicyclic amines) is 1. The van der Waals surface area contributed by atoms with Crippen molar-refractivity contribution in [1.82, 2.24) is 4.90 Å². The molecule has 2 atom stereocenters. The number of hydrogen-bond donors (Lipinski definition) is 1. The summed E-state index contributed by atoms with van der Waals surface area (Å²) in [5.74, 6) is 0. The number of nitrogens with zero attached hydrogens (tertiary/aromatic N) is 1. The van der Waals surface area contributed by atoms with Gasteiger partial charge in [0.1, 0.15) is 6.17 Å². The molecule has 1 rings (SSSR count). The number of rotatable bonds is 5. The molecule has 1 N–H and O–H groups in total. The first-order chi connectivity index (χ1) is 6.74. The van der Waals surface area contributed by atoms with Gasteiger partial charge in [0.05, 0.1) is 12.7 Å². The van der Waals surface area contributed by atoms with Crippen molar-refractivity contribution in [2.75, 3.05) is 32.5 Å². The van der Waals surface area contributed by atoms with E-state index >= 15 is 0 Å². The third-order valence-electron chi connectivity index (χ3n) is 2.41. The molecule has 0 aromatic carbocycles. The highest BCUT2D eigenvalue weighted by Gasteiger charge is 2.26. The normalized spacial score (nSPS) is 29.4. The lowest BCUT2D eigenvalue weighted by Gasteiger charge is -2.31. The fraction of sp³-hybridized carbons (Fsp3) is 1.00. The fourth-order valence-electron chi connectivity index (χ4n) is 1.59. The number of aliphatic hydroxyl groups is 1. The molecule has 0 radical (unpaired) electrons. The average Bonchev–Trinajstić information content (AvgIpc) is 2.18. The van der Waals surface area contributed by atoms with Crippen molar-refractivity contribution in [3.05, 3.63) is 0 Å². The maximum Gasteiger partial charge on any atom is 0.138 e. The van der Waals surface area contributed by atoms with E-state index in [9.17, 15) is 9.50 Å². The van der Waals surface area contributed by atoms with E-state index in [0.29, 0.717) is 19.6 Å². The summed E-state index contributed by atoms with van der Waals surface area (Å²) in [4.78, 5) is 2.04. The van der Waals surface area contributed by atoms with Crippen LogP contribution in [0.5, 0.6) is 0 Å². The SMILES string of the molecule is CSOCCCN1CC[C@H](O)[C@@H](F)C1. The molecule has 1 aliphatic heterocycles. The molecule has 0 saturated carbocycles. The fourth-order valence-corrected chi connectivity index (χ4v) is 1.87. The van der Waals surface area contributed by atoms with Gasteiger partial charge >= 0.3 is 0 Å². The monoisotopic (exact) mass is 223 g/mol. The second-order valence-corrected chi connectivity index (χ2v) is 4.08. The van der Waals surface area contributed by atoms with Gasteiger partial charge in [-0.2, -0.15) is 0 Å². The van der Waals surface area contributed by atoms with Crippen molar-refractivity contribution in [3.63, 3.8) is 0 Å². The molecule has 84 valence electrons. The van der Waals surface area contributed by atoms with E-state index in [4.69, 9.17) is 4.18 Å². The predicted octanol–water partition coefficient (Wildman–Crippen LogP) is 1.08. The molecule has 0 amide bonds. The van der Waals surface area contributed by atoms with E-state index in [1.807, 2.05) is 11.2 Å². The van der Waals surface area contributed by atoms with Crippen LogP contribution in [0.1, 0.15) is 12.8 Å². The minimum Gasteiger partial charge on any atom is -0.390 e. The highest BCUT2D eigenvalue weighted by Crippen LogP contribution is 2.14. The summed E-state index contributed by atoms with van der Waals surface area (Å²) in [7, 11) is 0. The minimum absolute atomic E-state index is 0.362. The van der Waals surface area contributed by atoms with Crippen molar-refractivity contribution in [1.29, 1.82) is 0 Å². The Kier molecular flexibility index (Phi) is 5.77. The van der Waals surface area contributed by atoms with Crippen molar-refractivity contribution in [3.8, 4) is 0 Å². The first-order valence-electron chi connectivity index (χ1n) is 4.94. The van der Waals surface area contributed by atoms with Gasteiger partial charge in [-0.1, -0.05) is 0 Å². The summed E-state index contributed by atoms with van der Waals surface area (Å²) in [6.45, 7) is 2.71. The maximum atomic E-state index is 13.1. The molecular weight excluding hydrogens is 205 g/mol. The Labute approximate surface area is 88.8 Å². The second-order valence-electron chi connectivity index (χ2n) is 3.51. The molecule has 1 saturated heterocycles. The molecule has 1 aliphatic rings. The highest BCUT2D eigenvalue weighted by atomic mass is 32.2. The molecule has 0 spiro atoms. The highest BCUT2D eigenvalue weighted by molar-refractivity contribution is 7.93. The van der Waals surface area contributed by atoms with Crippen LogP contribution in [0.15, 0.2) is 0 Å². The van der Waals surface area contributed by atoms with E-state index in [0.717, 1.165) is 19.5 Å². The molecule has 0 bridgehead atoms. The Bertz CT molecular complexity index is 162. The molecule has 0 aromatic heterocycles. The van der Waals surface area contributed by atoms with Crippen molar-refractivity contribution >= 4 is 12.0 Å². The third-order valence-corrected chi connectivity index (χ3v) is 2.81. The first kappa shape index (κ1) is 12.2. The Hall–Kier alpha value is 0.160. The van der Waals surface area contributed by atoms with Crippen molar-refractivity contribution in [2.24, 2.45) is 0 Å². The molecule has 1 fully saturated rings. The standard InChI is InChI=1S/C9H18FNO2S/c1-14-13-6-2-4-11-5-3-9(12)8(10)7-11/h8-9,12H,2-7H2,1H3/t8-,9-/m0/s1. The predicted molar refractivity (Wildman–Crippen MR) is 56.0 cm³/mol. The molecule has 3 nitrogen and oxygen atoms in total. The largest absolute Gasteiger partial charge is 0.390 e. The smallest absolute Gasteiger partial charge is 0.138 e. The van der Waals surface area contributed by atoms with Gasteiger partial charge in [-0.15, -0.1) is 0 Å². The van der Waals surface area contributed by atoms with Gasteiger partial charge in [0.15, 0.2) is 0 Å². The van der Waals surface area contributed by atoms with Crippen LogP contribution in [0.25, 0.3) is 0 Å². The lowest BCUT2D eigenvalue weighted by molar-refractivity contribution is 0.00558. The van der Waals surface area contributed by atoms with Gasteiger partial charge in [0.2, 0.25) is 0 Å². The summed E-state index contributed by atoms with van der Waals surface area (Å²) >= 11 is 1.36. The number of aliphatic hydroxyl groups excluding tert-OH is 1. The first-order valence-corrected chi connectivity index (χ1v) is 6.09. The molecule has 0 unspecified atom stereocenters. The van der Waals surface area contributed by atoms with Crippen LogP contribution in [0.4, 0.5) is 4.39 Å². The molecule has 14 heavy (non-hydrogen) atoms. The summed E-state index contributed by atoms with van der Waals surface area (Å²) in [5, 5.41) is 9.18. The number of alkyl halides is 1. The topological polar surface area (TPSA) is 32.7 Å². The van der Waals surface area contributed by atoms with Crippen LogP contribution in [0, 0.1) is 0 Å². The molecular formula is C9H18FNO2S. The number of halogens is 1. The lowest BCUT2D eigenvalue weighted by atomic mass is 10.1. The van der Waals surface area contributed by atoms with Gasteiger partial charge in [0.25, 0.3) is 0 Å². The zero-order chi connectivity index (χ0) is 10.4. The minimum atomic E-state index is -1.08. The Morgan fingerprint density at radius 1 is 1.64 bits per heavy atom. The van der Waals surface area contributed by atoms with Gasteiger partial charge in [-0.3, -0.25) is 0 Å². The van der Waals surface area contributed by atoms with E-state index in [1.54, 1.807) is 0 Å². The van der Waals surface area contributed by atoms with E-state index < -0.39 is 12.3 Å². The molecule has 0 aromatic rings. The summed E-state index contributed by atoms with van der Waals surface area (Å²) in [6.07, 6.45) is 1.52. The van der Waals surface area contributed by atoms with Crippen LogP contribution in [-0.4, -0.2) is 54.8 Å². The third kappa shape index (κ3) is 4.13. The van der Waals surface area contributed by atoms with Gasteiger partial charge in [-0.25, -0.2) is 4.39 Å². The summed E-state index contributed by atoms with van der Waals surface area (Å²) in [6, 6.07) is 0. The van der Waals surface area contributed by atoms with Crippen LogP contribution >= 0.6 is 12.0 Å². The summed E-state index contributed by atoms with van der Waals surface area (Å²) < 4.78 is 18.2. The summed E-state index contributed by atoms with van der Waals surface area (Å²) in [5.41, 5.74) is 0. The van der Waals surface area contributed by atoms with Crippen LogP contribution in [0.2, 0.25) is 0 Å². The van der Waals surface area contributed by atoms with E-state index in [1.165, 1.54) is 12.0 Å². The molecule has 0 aliphatic carbocycles. The van der Waals surface area contributed by atoms with Gasteiger partial charge < -0.3 is 14.2 Å². The second kappa shape index (κ2) is 6.61. The average molecular weight is 223 g/mol. The zero-order valence-electron chi connectivity index (χ0n) is 8.49. The quantitative estimate of drug-likeness (QED) is 0.558. The van der Waals surface area contributed by atoms with E-state index in [2.05, 4.69) is 0 Å². The lowest BCUT2D eigenvalue weighted by Crippen LogP contribution is -2.44. The Morgan fingerprint density at radius 2 is 2.43 bits per heavy atom.